The molecule has 0 amide bonds. The maximum Gasteiger partial charge on any atom is 0.124 e. The van der Waals surface area contributed by atoms with Crippen LogP contribution in [0.3, 0.4) is 0 Å². The molecule has 1 rings (SSSR count). The minimum atomic E-state index is -0.245. The van der Waals surface area contributed by atoms with Gasteiger partial charge in [-0.05, 0) is 44.0 Å². The quantitative estimate of drug-likeness (QED) is 0.860. The lowest BCUT2D eigenvalue weighted by atomic mass is 9.86. The van der Waals surface area contributed by atoms with Crippen LogP contribution in [0.5, 0.6) is 11.5 Å². The van der Waals surface area contributed by atoms with Crippen LogP contribution in [0.4, 0.5) is 0 Å². The zero-order valence-electron chi connectivity index (χ0n) is 14.0. The standard InChI is InChI=1S/C17H29NO2/c1-8-18-12-17(5,6)20-15-10-9-13(19-7)11-14(15)16(2,3)4/h9-11,18H,8,12H2,1-7H3. The summed E-state index contributed by atoms with van der Waals surface area (Å²) in [5.41, 5.74) is 0.935. The Kier molecular flexibility index (Phi) is 5.46. The minimum absolute atomic E-state index is 0.0120. The molecule has 0 atom stereocenters. The van der Waals surface area contributed by atoms with Crippen LogP contribution in [-0.4, -0.2) is 25.8 Å². The fourth-order valence-electron chi connectivity index (χ4n) is 2.07. The number of hydrogen-bond donors (Lipinski definition) is 1. The third-order valence-electron chi connectivity index (χ3n) is 3.18. The van der Waals surface area contributed by atoms with E-state index in [1.807, 2.05) is 12.1 Å². The van der Waals surface area contributed by atoms with Crippen LogP contribution in [0.2, 0.25) is 0 Å². The molecule has 0 unspecified atom stereocenters. The molecule has 3 heteroatoms. The molecule has 0 heterocycles. The van der Waals surface area contributed by atoms with Crippen molar-refractivity contribution < 1.29 is 9.47 Å². The molecule has 0 aliphatic carbocycles. The monoisotopic (exact) mass is 279 g/mol. The number of rotatable bonds is 6. The molecule has 0 fully saturated rings. The molecule has 20 heavy (non-hydrogen) atoms. The van der Waals surface area contributed by atoms with E-state index in [4.69, 9.17) is 9.47 Å². The second-order valence-corrected chi connectivity index (χ2v) is 6.75. The van der Waals surface area contributed by atoms with Crippen molar-refractivity contribution in [3.05, 3.63) is 23.8 Å². The molecule has 1 N–H and O–H groups in total. The third kappa shape index (κ3) is 4.71. The first kappa shape index (κ1) is 16.8. The summed E-state index contributed by atoms with van der Waals surface area (Å²) in [4.78, 5) is 0. The molecule has 3 nitrogen and oxygen atoms in total. The average molecular weight is 279 g/mol. The first-order valence-corrected chi connectivity index (χ1v) is 7.28. The smallest absolute Gasteiger partial charge is 0.124 e. The van der Waals surface area contributed by atoms with Crippen molar-refractivity contribution in [3.63, 3.8) is 0 Å². The summed E-state index contributed by atoms with van der Waals surface area (Å²) in [6, 6.07) is 6.03. The molecule has 0 aromatic heterocycles. The predicted molar refractivity (Wildman–Crippen MR) is 84.9 cm³/mol. The van der Waals surface area contributed by atoms with E-state index in [0.717, 1.165) is 24.6 Å². The number of benzene rings is 1. The zero-order chi connectivity index (χ0) is 15.4. The Morgan fingerprint density at radius 2 is 1.75 bits per heavy atom. The van der Waals surface area contributed by atoms with E-state index >= 15 is 0 Å². The molecule has 0 aliphatic heterocycles. The van der Waals surface area contributed by atoms with E-state index in [-0.39, 0.29) is 11.0 Å². The van der Waals surface area contributed by atoms with Gasteiger partial charge in [0.1, 0.15) is 17.1 Å². The third-order valence-corrected chi connectivity index (χ3v) is 3.18. The molecule has 1 aromatic rings. The van der Waals surface area contributed by atoms with Crippen LogP contribution in [0.15, 0.2) is 18.2 Å². The number of methoxy groups -OCH3 is 1. The summed E-state index contributed by atoms with van der Waals surface area (Å²) in [7, 11) is 1.69. The number of nitrogens with one attached hydrogen (secondary N) is 1. The van der Waals surface area contributed by atoms with Crippen molar-refractivity contribution in [2.45, 2.75) is 52.6 Å². The molecule has 1 aromatic carbocycles. The summed E-state index contributed by atoms with van der Waals surface area (Å²) in [6.07, 6.45) is 0. The lowest BCUT2D eigenvalue weighted by molar-refractivity contribution is 0.106. The van der Waals surface area contributed by atoms with E-state index in [0.29, 0.717) is 0 Å². The predicted octanol–water partition coefficient (Wildman–Crippen LogP) is 3.76. The minimum Gasteiger partial charge on any atom is -0.497 e. The van der Waals surface area contributed by atoms with Gasteiger partial charge in [0, 0.05) is 12.1 Å². The van der Waals surface area contributed by atoms with Crippen molar-refractivity contribution in [1.29, 1.82) is 0 Å². The van der Waals surface area contributed by atoms with Gasteiger partial charge in [-0.2, -0.15) is 0 Å². The molecular formula is C17H29NO2. The van der Waals surface area contributed by atoms with Gasteiger partial charge >= 0.3 is 0 Å². The lowest BCUT2D eigenvalue weighted by Gasteiger charge is -2.31. The van der Waals surface area contributed by atoms with Crippen LogP contribution in [0.1, 0.15) is 47.1 Å². The molecule has 0 radical (unpaired) electrons. The summed E-state index contributed by atoms with van der Waals surface area (Å²) in [5, 5.41) is 3.34. The van der Waals surface area contributed by atoms with Crippen LogP contribution in [-0.2, 0) is 5.41 Å². The highest BCUT2D eigenvalue weighted by Gasteiger charge is 2.25. The normalized spacial score (nSPS) is 12.3. The molecule has 0 saturated carbocycles. The average Bonchev–Trinajstić information content (AvgIpc) is 2.35. The summed E-state index contributed by atoms with van der Waals surface area (Å²) < 4.78 is 11.6. The topological polar surface area (TPSA) is 30.5 Å². The van der Waals surface area contributed by atoms with Gasteiger partial charge in [-0.15, -0.1) is 0 Å². The highest BCUT2D eigenvalue weighted by molar-refractivity contribution is 5.44. The van der Waals surface area contributed by atoms with Gasteiger partial charge in [0.2, 0.25) is 0 Å². The van der Waals surface area contributed by atoms with E-state index in [1.54, 1.807) is 7.11 Å². The zero-order valence-corrected chi connectivity index (χ0v) is 14.0. The van der Waals surface area contributed by atoms with Gasteiger partial charge in [-0.1, -0.05) is 27.7 Å². The molecule has 0 bridgehead atoms. The summed E-state index contributed by atoms with van der Waals surface area (Å²) in [5.74, 6) is 1.80. The van der Waals surface area contributed by atoms with Gasteiger partial charge in [0.05, 0.1) is 7.11 Å². The highest BCUT2D eigenvalue weighted by Crippen LogP contribution is 2.35. The van der Waals surface area contributed by atoms with Crippen molar-refractivity contribution in [3.8, 4) is 11.5 Å². The van der Waals surface area contributed by atoms with E-state index in [2.05, 4.69) is 52.9 Å². The Balaban J connectivity index is 3.05. The van der Waals surface area contributed by atoms with Gasteiger partial charge in [-0.3, -0.25) is 0 Å². The lowest BCUT2D eigenvalue weighted by Crippen LogP contribution is -2.40. The van der Waals surface area contributed by atoms with Gasteiger partial charge in [-0.25, -0.2) is 0 Å². The Hall–Kier alpha value is -1.22. The fourth-order valence-corrected chi connectivity index (χ4v) is 2.07. The summed E-state index contributed by atoms with van der Waals surface area (Å²) in [6.45, 7) is 14.6. The van der Waals surface area contributed by atoms with Crippen LogP contribution in [0.25, 0.3) is 0 Å². The largest absolute Gasteiger partial charge is 0.497 e. The Labute approximate surface area is 123 Å². The first-order valence-electron chi connectivity index (χ1n) is 7.28. The maximum absolute atomic E-state index is 6.24. The van der Waals surface area contributed by atoms with Crippen molar-refractivity contribution in [2.24, 2.45) is 0 Å². The van der Waals surface area contributed by atoms with Crippen LogP contribution >= 0.6 is 0 Å². The summed E-state index contributed by atoms with van der Waals surface area (Å²) >= 11 is 0. The number of ether oxygens (including phenoxy) is 2. The van der Waals surface area contributed by atoms with Gasteiger partial charge in [0.25, 0.3) is 0 Å². The van der Waals surface area contributed by atoms with E-state index in [9.17, 15) is 0 Å². The van der Waals surface area contributed by atoms with Crippen molar-refractivity contribution in [1.82, 2.24) is 5.32 Å². The van der Waals surface area contributed by atoms with Crippen molar-refractivity contribution >= 4 is 0 Å². The Morgan fingerprint density at radius 3 is 2.25 bits per heavy atom. The van der Waals surface area contributed by atoms with Crippen LogP contribution in [0, 0.1) is 0 Å². The van der Waals surface area contributed by atoms with Gasteiger partial charge < -0.3 is 14.8 Å². The Morgan fingerprint density at radius 1 is 1.10 bits per heavy atom. The molecule has 0 spiro atoms. The van der Waals surface area contributed by atoms with Gasteiger partial charge in [0.15, 0.2) is 0 Å². The number of hydrogen-bond acceptors (Lipinski definition) is 3. The fraction of sp³-hybridized carbons (Fsp3) is 0.647. The number of likely N-dealkylation sites (N-methyl/N-ethyl adjacent to an activating group) is 1. The van der Waals surface area contributed by atoms with E-state index in [1.165, 1.54) is 5.56 Å². The second kappa shape index (κ2) is 6.49. The molecular weight excluding hydrogens is 250 g/mol. The molecule has 0 saturated heterocycles. The second-order valence-electron chi connectivity index (χ2n) is 6.75. The van der Waals surface area contributed by atoms with Crippen molar-refractivity contribution in [2.75, 3.05) is 20.2 Å². The Bertz CT molecular complexity index is 433. The SMILES string of the molecule is CCNCC(C)(C)Oc1ccc(OC)cc1C(C)(C)C. The molecule has 0 aliphatic rings. The highest BCUT2D eigenvalue weighted by atomic mass is 16.5. The molecule has 114 valence electrons. The first-order chi connectivity index (χ1) is 9.19. The van der Waals surface area contributed by atoms with Crippen LogP contribution < -0.4 is 14.8 Å². The maximum atomic E-state index is 6.24. The van der Waals surface area contributed by atoms with E-state index < -0.39 is 0 Å².